The topological polar surface area (TPSA) is 104 Å². The van der Waals surface area contributed by atoms with Gasteiger partial charge < -0.3 is 10.4 Å². The first kappa shape index (κ1) is 40.8. The van der Waals surface area contributed by atoms with Crippen LogP contribution in [0, 0.1) is 0 Å². The second-order valence-electron chi connectivity index (χ2n) is 11.0. The van der Waals surface area contributed by atoms with Gasteiger partial charge in [0.05, 0.1) is 17.9 Å². The summed E-state index contributed by atoms with van der Waals surface area (Å²) in [5.74, 6) is -1.03. The minimum Gasteiger partial charge on any atom is -0.387 e. The highest BCUT2D eigenvalue weighted by molar-refractivity contribution is 7.85. The van der Waals surface area contributed by atoms with E-state index >= 15 is 0 Å². The molecule has 0 radical (unpaired) electrons. The Morgan fingerprint density at radius 2 is 1.14 bits per heavy atom. The molecule has 7 heteroatoms. The average Bonchev–Trinajstić information content (AvgIpc) is 2.96. The van der Waals surface area contributed by atoms with E-state index in [2.05, 4.69) is 79.9 Å². The summed E-state index contributed by atoms with van der Waals surface area (Å²) in [5.41, 5.74) is 0. The highest BCUT2D eigenvalue weighted by Crippen LogP contribution is 2.10. The van der Waals surface area contributed by atoms with Gasteiger partial charge in [-0.05, 0) is 70.6 Å². The van der Waals surface area contributed by atoms with Gasteiger partial charge in [0.15, 0.2) is 0 Å². The summed E-state index contributed by atoms with van der Waals surface area (Å²) in [4.78, 5) is 12.4. The molecule has 0 aromatic heterocycles. The third-order valence-electron chi connectivity index (χ3n) is 6.87. The van der Waals surface area contributed by atoms with Crippen molar-refractivity contribution in [3.63, 3.8) is 0 Å². The standard InChI is InChI=1S/C36H61NO5S/c1-3-5-7-9-11-13-14-15-16-17-18-19-20-21-22-24-26-28-30-32-36(39)37-34(33-43(40,41)42)35(38)31-29-27-25-23-12-10-8-6-4-2/h5,7,11-13,15-16,18-19,23,29,31,34-35,38H,3-4,6,8-10,14,17,20-22,24-28,30,32-33H2,1-2H3,(H,37,39)(H,40,41,42)/b7-5-,13-11-,16-15-,19-18-,23-12+,31-29+. The van der Waals surface area contributed by atoms with Gasteiger partial charge in [0.2, 0.25) is 5.91 Å². The number of amides is 1. The van der Waals surface area contributed by atoms with E-state index in [0.717, 1.165) is 77.0 Å². The summed E-state index contributed by atoms with van der Waals surface area (Å²) < 4.78 is 32.2. The van der Waals surface area contributed by atoms with Crippen LogP contribution in [-0.4, -0.2) is 41.9 Å². The maximum atomic E-state index is 12.4. The summed E-state index contributed by atoms with van der Waals surface area (Å²) >= 11 is 0. The van der Waals surface area contributed by atoms with Gasteiger partial charge in [0.1, 0.15) is 0 Å². The zero-order valence-electron chi connectivity index (χ0n) is 27.0. The molecule has 0 bridgehead atoms. The van der Waals surface area contributed by atoms with Crippen LogP contribution in [0.5, 0.6) is 0 Å². The second-order valence-corrected chi connectivity index (χ2v) is 12.5. The predicted molar refractivity (Wildman–Crippen MR) is 184 cm³/mol. The van der Waals surface area contributed by atoms with Crippen LogP contribution in [0.1, 0.15) is 129 Å². The number of aliphatic hydroxyl groups is 1. The molecule has 0 fully saturated rings. The molecule has 6 nitrogen and oxygen atoms in total. The molecule has 43 heavy (non-hydrogen) atoms. The number of carbonyl (C=O) groups excluding carboxylic acids is 1. The van der Waals surface area contributed by atoms with E-state index in [1.807, 2.05) is 0 Å². The number of nitrogens with one attached hydrogen (secondary N) is 1. The third kappa shape index (κ3) is 31.0. The van der Waals surface area contributed by atoms with E-state index < -0.39 is 28.0 Å². The van der Waals surface area contributed by atoms with Crippen LogP contribution in [0.25, 0.3) is 0 Å². The molecule has 3 N–H and O–H groups in total. The van der Waals surface area contributed by atoms with Gasteiger partial charge in [0.25, 0.3) is 10.1 Å². The normalized spacial score (nSPS) is 14.4. The molecular formula is C36H61NO5S. The van der Waals surface area contributed by atoms with Crippen molar-refractivity contribution in [3.8, 4) is 0 Å². The van der Waals surface area contributed by atoms with Gasteiger partial charge in [-0.1, -0.05) is 125 Å². The third-order valence-corrected chi connectivity index (χ3v) is 7.65. The van der Waals surface area contributed by atoms with E-state index in [-0.39, 0.29) is 12.3 Å². The molecule has 1 amide bonds. The van der Waals surface area contributed by atoms with Crippen molar-refractivity contribution >= 4 is 16.0 Å². The first-order chi connectivity index (χ1) is 20.8. The van der Waals surface area contributed by atoms with Gasteiger partial charge in [-0.15, -0.1) is 0 Å². The molecule has 2 unspecified atom stereocenters. The molecule has 0 spiro atoms. The molecule has 0 aliphatic rings. The lowest BCUT2D eigenvalue weighted by Crippen LogP contribution is -2.46. The predicted octanol–water partition coefficient (Wildman–Crippen LogP) is 9.12. The Bertz CT molecular complexity index is 947. The monoisotopic (exact) mass is 619 g/mol. The minimum atomic E-state index is -4.35. The van der Waals surface area contributed by atoms with Gasteiger partial charge in [0, 0.05) is 6.42 Å². The van der Waals surface area contributed by atoms with Crippen molar-refractivity contribution in [2.75, 3.05) is 5.75 Å². The molecule has 0 rings (SSSR count). The highest BCUT2D eigenvalue weighted by Gasteiger charge is 2.24. The molecule has 0 aromatic carbocycles. The fourth-order valence-electron chi connectivity index (χ4n) is 4.39. The van der Waals surface area contributed by atoms with Crippen LogP contribution < -0.4 is 5.32 Å². The Balaban J connectivity index is 4.06. The summed E-state index contributed by atoms with van der Waals surface area (Å²) in [6, 6.07) is -1.08. The number of carbonyl (C=O) groups is 1. The van der Waals surface area contributed by atoms with Crippen LogP contribution in [0.3, 0.4) is 0 Å². The quantitative estimate of drug-likeness (QED) is 0.0460. The van der Waals surface area contributed by atoms with Crippen LogP contribution in [0.4, 0.5) is 0 Å². The van der Waals surface area contributed by atoms with Gasteiger partial charge in [-0.25, -0.2) is 0 Å². The van der Waals surface area contributed by atoms with Crippen molar-refractivity contribution in [2.24, 2.45) is 0 Å². The van der Waals surface area contributed by atoms with Crippen molar-refractivity contribution in [2.45, 2.75) is 142 Å². The Kier molecular flexibility index (Phi) is 28.3. The van der Waals surface area contributed by atoms with Gasteiger partial charge in [-0.2, -0.15) is 8.42 Å². The van der Waals surface area contributed by atoms with E-state index in [9.17, 15) is 22.9 Å². The zero-order chi connectivity index (χ0) is 31.9. The second kappa shape index (κ2) is 29.8. The number of allylic oxidation sites excluding steroid dienone is 11. The molecule has 0 aromatic rings. The molecule has 246 valence electrons. The van der Waals surface area contributed by atoms with E-state index in [1.165, 1.54) is 25.3 Å². The van der Waals surface area contributed by atoms with Gasteiger partial charge >= 0.3 is 0 Å². The highest BCUT2D eigenvalue weighted by atomic mass is 32.2. The lowest BCUT2D eigenvalue weighted by atomic mass is 10.1. The molecule has 0 saturated carbocycles. The van der Waals surface area contributed by atoms with E-state index in [1.54, 1.807) is 6.08 Å². The Hall–Kier alpha value is -2.22. The number of hydrogen-bond donors (Lipinski definition) is 3. The summed E-state index contributed by atoms with van der Waals surface area (Å²) in [6.07, 6.45) is 41.8. The smallest absolute Gasteiger partial charge is 0.267 e. The lowest BCUT2D eigenvalue weighted by molar-refractivity contribution is -0.122. The average molecular weight is 620 g/mol. The lowest BCUT2D eigenvalue weighted by Gasteiger charge is -2.21. The summed E-state index contributed by atoms with van der Waals surface area (Å²) in [6.45, 7) is 4.32. The SMILES string of the molecule is CC/C=C\C/C=C\C/C=C\C/C=C\CCCCCCCCC(=O)NC(CS(=O)(=O)O)C(O)/C=C/CC/C=C/CCCCC. The Labute approximate surface area is 264 Å². The van der Waals surface area contributed by atoms with Gasteiger partial charge in [-0.3, -0.25) is 9.35 Å². The summed E-state index contributed by atoms with van der Waals surface area (Å²) in [5, 5.41) is 13.0. The Morgan fingerprint density at radius 1 is 0.651 bits per heavy atom. The zero-order valence-corrected chi connectivity index (χ0v) is 27.9. The van der Waals surface area contributed by atoms with Crippen LogP contribution in [0.2, 0.25) is 0 Å². The van der Waals surface area contributed by atoms with Crippen molar-refractivity contribution < 1.29 is 22.9 Å². The molecular weight excluding hydrogens is 558 g/mol. The summed E-state index contributed by atoms with van der Waals surface area (Å²) in [7, 11) is -4.35. The van der Waals surface area contributed by atoms with E-state index in [4.69, 9.17) is 0 Å². The number of rotatable bonds is 28. The number of hydrogen-bond acceptors (Lipinski definition) is 4. The molecule has 0 aliphatic carbocycles. The number of aliphatic hydroxyl groups excluding tert-OH is 1. The maximum absolute atomic E-state index is 12.4. The first-order valence-electron chi connectivity index (χ1n) is 16.6. The van der Waals surface area contributed by atoms with Crippen LogP contribution >= 0.6 is 0 Å². The molecule has 0 aliphatic heterocycles. The maximum Gasteiger partial charge on any atom is 0.267 e. The molecule has 0 saturated heterocycles. The van der Waals surface area contributed by atoms with Crippen LogP contribution in [-0.2, 0) is 14.9 Å². The van der Waals surface area contributed by atoms with Crippen molar-refractivity contribution in [1.82, 2.24) is 5.32 Å². The largest absolute Gasteiger partial charge is 0.387 e. The minimum absolute atomic E-state index is 0.267. The fourth-order valence-corrected chi connectivity index (χ4v) is 5.13. The Morgan fingerprint density at radius 3 is 1.74 bits per heavy atom. The van der Waals surface area contributed by atoms with Crippen molar-refractivity contribution in [1.29, 1.82) is 0 Å². The molecule has 2 atom stereocenters. The fraction of sp³-hybridized carbons (Fsp3) is 0.639. The van der Waals surface area contributed by atoms with Crippen LogP contribution in [0.15, 0.2) is 72.9 Å². The first-order valence-corrected chi connectivity index (χ1v) is 18.2. The van der Waals surface area contributed by atoms with E-state index in [0.29, 0.717) is 12.8 Å². The van der Waals surface area contributed by atoms with Crippen molar-refractivity contribution in [3.05, 3.63) is 72.9 Å². The number of unbranched alkanes of at least 4 members (excludes halogenated alkanes) is 10. The molecule has 0 heterocycles.